The van der Waals surface area contributed by atoms with Crippen LogP contribution < -0.4 is 15.4 Å². The number of carbonyl (C=O) groups excluding carboxylic acids is 1. The molecular formula is C17H25F2N3O3. The summed E-state index contributed by atoms with van der Waals surface area (Å²) >= 11 is 0. The second-order valence-electron chi connectivity index (χ2n) is 5.23. The van der Waals surface area contributed by atoms with E-state index in [0.29, 0.717) is 31.0 Å². The number of hydrogen-bond acceptors (Lipinski definition) is 4. The molecule has 0 aromatic heterocycles. The predicted molar refractivity (Wildman–Crippen MR) is 91.8 cm³/mol. The van der Waals surface area contributed by atoms with E-state index in [1.807, 2.05) is 0 Å². The lowest BCUT2D eigenvalue weighted by Crippen LogP contribution is -2.37. The van der Waals surface area contributed by atoms with Crippen molar-refractivity contribution in [1.82, 2.24) is 10.6 Å². The van der Waals surface area contributed by atoms with Crippen LogP contribution in [0.3, 0.4) is 0 Å². The first-order chi connectivity index (χ1) is 12.1. The van der Waals surface area contributed by atoms with Crippen LogP contribution in [0.2, 0.25) is 0 Å². The lowest BCUT2D eigenvalue weighted by Gasteiger charge is -2.14. The van der Waals surface area contributed by atoms with Gasteiger partial charge in [0.15, 0.2) is 5.96 Å². The third-order valence-corrected chi connectivity index (χ3v) is 3.44. The highest BCUT2D eigenvalue weighted by Crippen LogP contribution is 2.19. The lowest BCUT2D eigenvalue weighted by atomic mass is 10.2. The largest absolute Gasteiger partial charge is 0.469 e. The number of benzene rings is 1. The first-order valence-corrected chi connectivity index (χ1v) is 8.11. The number of nitrogens with zero attached hydrogens (tertiary/aromatic N) is 1. The second kappa shape index (κ2) is 12.0. The molecular weight excluding hydrogens is 332 g/mol. The molecule has 0 heterocycles. The number of ether oxygens (including phenoxy) is 2. The molecule has 1 aromatic rings. The molecule has 0 fully saturated rings. The zero-order valence-corrected chi connectivity index (χ0v) is 14.6. The van der Waals surface area contributed by atoms with Gasteiger partial charge in [0.2, 0.25) is 0 Å². The molecule has 0 bridgehead atoms. The molecule has 0 aliphatic carbocycles. The molecule has 0 amide bonds. The molecule has 25 heavy (non-hydrogen) atoms. The zero-order chi connectivity index (χ0) is 18.5. The maximum atomic E-state index is 12.4. The highest BCUT2D eigenvalue weighted by Gasteiger charge is 2.09. The standard InChI is InChI=1S/C17H25F2N3O3/c1-20-17(21-11-7-3-4-10-15(23)24-2)22-12-13-8-5-6-9-14(13)25-16(18)19/h5-6,8-9,16H,3-4,7,10-12H2,1-2H3,(H2,20,21,22). The molecule has 2 N–H and O–H groups in total. The third kappa shape index (κ3) is 8.88. The van der Waals surface area contributed by atoms with Crippen LogP contribution in [-0.4, -0.2) is 39.2 Å². The van der Waals surface area contributed by atoms with Crippen LogP contribution in [0.25, 0.3) is 0 Å². The number of nitrogens with one attached hydrogen (secondary N) is 2. The molecule has 0 spiro atoms. The van der Waals surface area contributed by atoms with Gasteiger partial charge in [0, 0.05) is 32.1 Å². The summed E-state index contributed by atoms with van der Waals surface area (Å²) in [5.41, 5.74) is 0.615. The van der Waals surface area contributed by atoms with Gasteiger partial charge in [-0.3, -0.25) is 9.79 Å². The molecule has 0 saturated heterocycles. The van der Waals surface area contributed by atoms with Crippen LogP contribution in [0.4, 0.5) is 8.78 Å². The Morgan fingerprint density at radius 1 is 1.20 bits per heavy atom. The molecule has 0 aliphatic rings. The molecule has 0 aliphatic heterocycles. The summed E-state index contributed by atoms with van der Waals surface area (Å²) in [7, 11) is 3.01. The minimum Gasteiger partial charge on any atom is -0.469 e. The van der Waals surface area contributed by atoms with E-state index in [9.17, 15) is 13.6 Å². The number of alkyl halides is 2. The average Bonchev–Trinajstić information content (AvgIpc) is 2.60. The van der Waals surface area contributed by atoms with Gasteiger partial charge < -0.3 is 20.1 Å². The number of halogens is 2. The van der Waals surface area contributed by atoms with Crippen LogP contribution in [0.5, 0.6) is 5.75 Å². The number of rotatable bonds is 10. The first kappa shape index (κ1) is 20.7. The fraction of sp³-hybridized carbons (Fsp3) is 0.529. The number of carbonyl (C=O) groups is 1. The lowest BCUT2D eigenvalue weighted by molar-refractivity contribution is -0.140. The van der Waals surface area contributed by atoms with Gasteiger partial charge in [0.25, 0.3) is 0 Å². The zero-order valence-electron chi connectivity index (χ0n) is 14.6. The van der Waals surface area contributed by atoms with Gasteiger partial charge in [-0.1, -0.05) is 24.6 Å². The summed E-state index contributed by atoms with van der Waals surface area (Å²) in [5.74, 6) is 0.512. The summed E-state index contributed by atoms with van der Waals surface area (Å²) in [6, 6.07) is 6.61. The first-order valence-electron chi connectivity index (χ1n) is 8.11. The Labute approximate surface area is 146 Å². The van der Waals surface area contributed by atoms with Crippen LogP contribution in [0, 0.1) is 0 Å². The van der Waals surface area contributed by atoms with Crippen molar-refractivity contribution in [2.75, 3.05) is 20.7 Å². The van der Waals surface area contributed by atoms with E-state index < -0.39 is 6.61 Å². The SMILES string of the molecule is CN=C(NCCCCCC(=O)OC)NCc1ccccc1OC(F)F. The van der Waals surface area contributed by atoms with Crippen molar-refractivity contribution >= 4 is 11.9 Å². The van der Waals surface area contributed by atoms with Crippen LogP contribution in [0.15, 0.2) is 29.3 Å². The van der Waals surface area contributed by atoms with Gasteiger partial charge in [-0.15, -0.1) is 0 Å². The van der Waals surface area contributed by atoms with Gasteiger partial charge in [0.1, 0.15) is 5.75 Å². The minimum absolute atomic E-state index is 0.142. The Morgan fingerprint density at radius 2 is 1.96 bits per heavy atom. The predicted octanol–water partition coefficient (Wildman–Crippen LogP) is 2.69. The van der Waals surface area contributed by atoms with Crippen molar-refractivity contribution in [3.63, 3.8) is 0 Å². The number of esters is 1. The fourth-order valence-corrected chi connectivity index (χ4v) is 2.14. The fourth-order valence-electron chi connectivity index (χ4n) is 2.14. The Hall–Kier alpha value is -2.38. The number of unbranched alkanes of at least 4 members (excludes halogenated alkanes) is 2. The smallest absolute Gasteiger partial charge is 0.387 e. The summed E-state index contributed by atoms with van der Waals surface area (Å²) in [4.78, 5) is 15.1. The number of methoxy groups -OCH3 is 1. The number of hydrogen-bond donors (Lipinski definition) is 2. The topological polar surface area (TPSA) is 72.0 Å². The molecule has 1 rings (SSSR count). The van der Waals surface area contributed by atoms with Crippen LogP contribution in [-0.2, 0) is 16.1 Å². The summed E-state index contributed by atoms with van der Waals surface area (Å²) in [6.07, 6.45) is 2.97. The summed E-state index contributed by atoms with van der Waals surface area (Å²) in [5, 5.41) is 6.19. The van der Waals surface area contributed by atoms with Crippen molar-refractivity contribution in [2.45, 2.75) is 38.8 Å². The highest BCUT2D eigenvalue weighted by molar-refractivity contribution is 5.79. The number of guanidine groups is 1. The highest BCUT2D eigenvalue weighted by atomic mass is 19.3. The maximum absolute atomic E-state index is 12.4. The van der Waals surface area contributed by atoms with Crippen molar-refractivity contribution in [3.05, 3.63) is 29.8 Å². The molecule has 0 unspecified atom stereocenters. The van der Waals surface area contributed by atoms with Crippen LogP contribution >= 0.6 is 0 Å². The van der Waals surface area contributed by atoms with Gasteiger partial charge in [-0.2, -0.15) is 8.78 Å². The van der Waals surface area contributed by atoms with E-state index in [-0.39, 0.29) is 11.7 Å². The van der Waals surface area contributed by atoms with Crippen molar-refractivity contribution in [2.24, 2.45) is 4.99 Å². The Balaban J connectivity index is 2.32. The monoisotopic (exact) mass is 357 g/mol. The van der Waals surface area contributed by atoms with E-state index in [1.165, 1.54) is 13.2 Å². The number of aliphatic imine (C=N–C) groups is 1. The van der Waals surface area contributed by atoms with Gasteiger partial charge in [-0.05, 0) is 18.9 Å². The van der Waals surface area contributed by atoms with Gasteiger partial charge >= 0.3 is 12.6 Å². The molecule has 0 saturated carbocycles. The Kier molecular flexibility index (Phi) is 9.96. The molecule has 8 heteroatoms. The van der Waals surface area contributed by atoms with Gasteiger partial charge in [0.05, 0.1) is 7.11 Å². The Morgan fingerprint density at radius 3 is 2.64 bits per heavy atom. The molecule has 0 radical (unpaired) electrons. The van der Waals surface area contributed by atoms with E-state index in [4.69, 9.17) is 0 Å². The molecule has 0 atom stereocenters. The van der Waals surface area contributed by atoms with Crippen molar-refractivity contribution < 1.29 is 23.0 Å². The quantitative estimate of drug-likeness (QED) is 0.292. The van der Waals surface area contributed by atoms with E-state index in [1.54, 1.807) is 25.2 Å². The summed E-state index contributed by atoms with van der Waals surface area (Å²) in [6.45, 7) is -1.86. The Bertz CT molecular complexity index is 554. The van der Waals surface area contributed by atoms with E-state index >= 15 is 0 Å². The van der Waals surface area contributed by atoms with E-state index in [2.05, 4.69) is 25.1 Å². The second-order valence-corrected chi connectivity index (χ2v) is 5.23. The molecule has 1 aromatic carbocycles. The normalized spacial score (nSPS) is 11.3. The summed E-state index contributed by atoms with van der Waals surface area (Å²) < 4.78 is 33.9. The molecule has 6 nitrogen and oxygen atoms in total. The minimum atomic E-state index is -2.86. The van der Waals surface area contributed by atoms with Gasteiger partial charge in [-0.25, -0.2) is 0 Å². The van der Waals surface area contributed by atoms with Crippen LogP contribution in [0.1, 0.15) is 31.2 Å². The third-order valence-electron chi connectivity index (χ3n) is 3.44. The number of para-hydroxylation sites is 1. The molecule has 140 valence electrons. The van der Waals surface area contributed by atoms with Crippen molar-refractivity contribution in [3.8, 4) is 5.75 Å². The maximum Gasteiger partial charge on any atom is 0.387 e. The average molecular weight is 357 g/mol. The van der Waals surface area contributed by atoms with E-state index in [0.717, 1.165) is 19.3 Å². The van der Waals surface area contributed by atoms with Crippen molar-refractivity contribution in [1.29, 1.82) is 0 Å².